The van der Waals surface area contributed by atoms with Crippen molar-refractivity contribution >= 4 is 46.7 Å². The van der Waals surface area contributed by atoms with Gasteiger partial charge in [0.05, 0.1) is 35.2 Å². The quantitative estimate of drug-likeness (QED) is 0.566. The standard InChI is InChI=1S/C23H15ClN2O6/c1-32-15-4-2-3-14(11-15)26-21(28)16-7-5-12(9-18(16)22(26)29)20(27)25-19-10-13(24)6-8-17(19)23(30)31/h2-11H,1H3,(H,25,27)(H,30,31). The summed E-state index contributed by atoms with van der Waals surface area (Å²) in [4.78, 5) is 51.0. The van der Waals surface area contributed by atoms with Crippen LogP contribution in [-0.2, 0) is 0 Å². The number of carboxylic acids is 1. The minimum absolute atomic E-state index is 0.0101. The predicted molar refractivity (Wildman–Crippen MR) is 117 cm³/mol. The lowest BCUT2D eigenvalue weighted by molar-refractivity contribution is 0.0697. The van der Waals surface area contributed by atoms with Crippen molar-refractivity contribution in [2.75, 3.05) is 17.3 Å². The molecule has 4 rings (SSSR count). The van der Waals surface area contributed by atoms with E-state index in [1.165, 1.54) is 43.5 Å². The number of carboxylic acid groups (broad SMARTS) is 1. The summed E-state index contributed by atoms with van der Waals surface area (Å²) in [6.07, 6.45) is 0. The van der Waals surface area contributed by atoms with Gasteiger partial charge in [0, 0.05) is 16.7 Å². The van der Waals surface area contributed by atoms with Crippen LogP contribution >= 0.6 is 11.6 Å². The summed E-state index contributed by atoms with van der Waals surface area (Å²) in [5, 5.41) is 12.1. The van der Waals surface area contributed by atoms with Crippen molar-refractivity contribution in [1.82, 2.24) is 0 Å². The molecular weight excluding hydrogens is 436 g/mol. The number of nitrogens with one attached hydrogen (secondary N) is 1. The number of halogens is 1. The van der Waals surface area contributed by atoms with Gasteiger partial charge in [0.25, 0.3) is 17.7 Å². The molecule has 0 aliphatic carbocycles. The van der Waals surface area contributed by atoms with E-state index in [-0.39, 0.29) is 33.0 Å². The van der Waals surface area contributed by atoms with Crippen LogP contribution < -0.4 is 15.0 Å². The number of aromatic carboxylic acids is 1. The van der Waals surface area contributed by atoms with Crippen LogP contribution in [0.3, 0.4) is 0 Å². The molecule has 3 amide bonds. The van der Waals surface area contributed by atoms with Crippen LogP contribution in [0.2, 0.25) is 5.02 Å². The van der Waals surface area contributed by atoms with Crippen molar-refractivity contribution in [2.45, 2.75) is 0 Å². The molecule has 0 saturated heterocycles. The minimum Gasteiger partial charge on any atom is -0.497 e. The number of nitrogens with zero attached hydrogens (tertiary/aromatic N) is 1. The number of hydrogen-bond acceptors (Lipinski definition) is 5. The molecule has 0 aromatic heterocycles. The monoisotopic (exact) mass is 450 g/mol. The van der Waals surface area contributed by atoms with E-state index in [1.54, 1.807) is 24.3 Å². The van der Waals surface area contributed by atoms with E-state index in [2.05, 4.69) is 5.32 Å². The molecule has 9 heteroatoms. The molecule has 1 aliphatic rings. The molecule has 2 N–H and O–H groups in total. The first kappa shape index (κ1) is 21.1. The van der Waals surface area contributed by atoms with Gasteiger partial charge < -0.3 is 15.2 Å². The van der Waals surface area contributed by atoms with Gasteiger partial charge in [-0.25, -0.2) is 9.69 Å². The molecule has 0 unspecified atom stereocenters. The zero-order valence-corrected chi connectivity index (χ0v) is 17.3. The van der Waals surface area contributed by atoms with Gasteiger partial charge in [0.2, 0.25) is 0 Å². The summed E-state index contributed by atoms with van der Waals surface area (Å²) in [6, 6.07) is 14.6. The number of rotatable bonds is 5. The zero-order valence-electron chi connectivity index (χ0n) is 16.6. The van der Waals surface area contributed by atoms with Crippen molar-refractivity contribution in [3.8, 4) is 5.75 Å². The molecule has 0 saturated carbocycles. The van der Waals surface area contributed by atoms with Crippen LogP contribution in [0.5, 0.6) is 5.75 Å². The molecule has 0 fully saturated rings. The number of fused-ring (bicyclic) bond motifs is 1. The smallest absolute Gasteiger partial charge is 0.337 e. The fourth-order valence-corrected chi connectivity index (χ4v) is 3.54. The highest BCUT2D eigenvalue weighted by Gasteiger charge is 2.37. The normalized spacial score (nSPS) is 12.5. The summed E-state index contributed by atoms with van der Waals surface area (Å²) in [5.41, 5.74) is 0.508. The van der Waals surface area contributed by atoms with Crippen LogP contribution in [0.4, 0.5) is 11.4 Å². The SMILES string of the molecule is COc1cccc(N2C(=O)c3ccc(C(=O)Nc4cc(Cl)ccc4C(=O)O)cc3C2=O)c1. The van der Waals surface area contributed by atoms with Crippen molar-refractivity contribution < 1.29 is 29.0 Å². The largest absolute Gasteiger partial charge is 0.497 e. The highest BCUT2D eigenvalue weighted by molar-refractivity contribution is 6.35. The summed E-state index contributed by atoms with van der Waals surface area (Å²) in [7, 11) is 1.47. The molecule has 1 aliphatic heterocycles. The van der Waals surface area contributed by atoms with Gasteiger partial charge in [-0.05, 0) is 48.5 Å². The van der Waals surface area contributed by atoms with Crippen LogP contribution in [0.1, 0.15) is 41.4 Å². The lowest BCUT2D eigenvalue weighted by Gasteiger charge is -2.14. The Labute approximate surface area is 187 Å². The molecule has 8 nitrogen and oxygen atoms in total. The molecule has 32 heavy (non-hydrogen) atoms. The first-order valence-corrected chi connectivity index (χ1v) is 9.69. The van der Waals surface area contributed by atoms with Gasteiger partial charge in [-0.3, -0.25) is 14.4 Å². The zero-order chi connectivity index (χ0) is 23.0. The molecule has 1 heterocycles. The molecule has 3 aromatic carbocycles. The maximum Gasteiger partial charge on any atom is 0.337 e. The molecule has 3 aromatic rings. The molecule has 0 spiro atoms. The third-order valence-corrected chi connectivity index (χ3v) is 5.16. The Morgan fingerprint density at radius 1 is 0.969 bits per heavy atom. The Morgan fingerprint density at radius 2 is 1.72 bits per heavy atom. The second-order valence-electron chi connectivity index (χ2n) is 6.86. The third-order valence-electron chi connectivity index (χ3n) is 4.92. The molecule has 0 radical (unpaired) electrons. The van der Waals surface area contributed by atoms with Gasteiger partial charge in [0.1, 0.15) is 5.75 Å². The topological polar surface area (TPSA) is 113 Å². The minimum atomic E-state index is -1.24. The predicted octanol–water partition coefficient (Wildman–Crippen LogP) is 4.10. The third kappa shape index (κ3) is 3.67. The molecule has 0 bridgehead atoms. The number of imide groups is 1. The lowest BCUT2D eigenvalue weighted by Crippen LogP contribution is -2.29. The van der Waals surface area contributed by atoms with Gasteiger partial charge >= 0.3 is 5.97 Å². The van der Waals surface area contributed by atoms with Gasteiger partial charge in [-0.1, -0.05) is 17.7 Å². The Balaban J connectivity index is 1.65. The number of methoxy groups -OCH3 is 1. The second kappa shape index (κ2) is 8.16. The van der Waals surface area contributed by atoms with Crippen molar-refractivity contribution in [1.29, 1.82) is 0 Å². The van der Waals surface area contributed by atoms with E-state index in [0.29, 0.717) is 11.4 Å². The number of benzene rings is 3. The Kier molecular flexibility index (Phi) is 5.38. The van der Waals surface area contributed by atoms with Crippen LogP contribution in [0.25, 0.3) is 0 Å². The Morgan fingerprint density at radius 3 is 2.44 bits per heavy atom. The van der Waals surface area contributed by atoms with Crippen LogP contribution in [0.15, 0.2) is 60.7 Å². The van der Waals surface area contributed by atoms with Gasteiger partial charge in [-0.15, -0.1) is 0 Å². The highest BCUT2D eigenvalue weighted by Crippen LogP contribution is 2.31. The van der Waals surface area contributed by atoms with Crippen molar-refractivity contribution in [3.05, 3.63) is 87.9 Å². The molecule has 0 atom stereocenters. The summed E-state index contributed by atoms with van der Waals surface area (Å²) in [5.74, 6) is -2.51. The van der Waals surface area contributed by atoms with E-state index >= 15 is 0 Å². The molecular formula is C23H15ClN2O6. The first-order valence-electron chi connectivity index (χ1n) is 9.31. The van der Waals surface area contributed by atoms with Gasteiger partial charge in [0.15, 0.2) is 0 Å². The Bertz CT molecular complexity index is 1300. The number of carbonyl (C=O) groups is 4. The van der Waals surface area contributed by atoms with Gasteiger partial charge in [-0.2, -0.15) is 0 Å². The number of hydrogen-bond donors (Lipinski definition) is 2. The fraction of sp³-hybridized carbons (Fsp3) is 0.0435. The average molecular weight is 451 g/mol. The fourth-order valence-electron chi connectivity index (χ4n) is 3.37. The van der Waals surface area contributed by atoms with Crippen LogP contribution in [0, 0.1) is 0 Å². The van der Waals surface area contributed by atoms with E-state index in [1.807, 2.05) is 0 Å². The summed E-state index contributed by atoms with van der Waals surface area (Å²) < 4.78 is 5.15. The number of amides is 3. The van der Waals surface area contributed by atoms with Crippen LogP contribution in [-0.4, -0.2) is 35.9 Å². The lowest BCUT2D eigenvalue weighted by atomic mass is 10.0. The van der Waals surface area contributed by atoms with E-state index in [9.17, 15) is 24.3 Å². The van der Waals surface area contributed by atoms with Crippen molar-refractivity contribution in [2.24, 2.45) is 0 Å². The number of carbonyl (C=O) groups excluding carboxylic acids is 3. The maximum absolute atomic E-state index is 13.0. The highest BCUT2D eigenvalue weighted by atomic mass is 35.5. The molecule has 160 valence electrons. The average Bonchev–Trinajstić information content (AvgIpc) is 3.03. The Hall–Kier alpha value is -4.17. The second-order valence-corrected chi connectivity index (χ2v) is 7.29. The maximum atomic E-state index is 13.0. The van der Waals surface area contributed by atoms with E-state index in [0.717, 1.165) is 4.90 Å². The summed E-state index contributed by atoms with van der Waals surface area (Å²) in [6.45, 7) is 0. The van der Waals surface area contributed by atoms with E-state index < -0.39 is 23.7 Å². The first-order chi connectivity index (χ1) is 15.3. The number of ether oxygens (including phenoxy) is 1. The summed E-state index contributed by atoms with van der Waals surface area (Å²) >= 11 is 5.92. The number of anilines is 2. The van der Waals surface area contributed by atoms with Crippen molar-refractivity contribution in [3.63, 3.8) is 0 Å². The van der Waals surface area contributed by atoms with E-state index in [4.69, 9.17) is 16.3 Å².